The highest BCUT2D eigenvalue weighted by Gasteiger charge is 2.37. The molecule has 0 spiro atoms. The van der Waals surface area contributed by atoms with Crippen LogP contribution >= 0.6 is 31.9 Å². The molecular weight excluding hydrogens is 614 g/mol. The van der Waals surface area contributed by atoms with E-state index in [9.17, 15) is 14.7 Å². The summed E-state index contributed by atoms with van der Waals surface area (Å²) in [5, 5.41) is 19.3. The van der Waals surface area contributed by atoms with Gasteiger partial charge in [-0.1, -0.05) is 15.9 Å². The molecule has 1 aromatic heterocycles. The van der Waals surface area contributed by atoms with Gasteiger partial charge in [0, 0.05) is 60.1 Å². The number of phenols is 1. The number of carbonyl (C=O) groups excluding carboxylic acids is 2. The lowest BCUT2D eigenvalue weighted by atomic mass is 9.76. The first-order chi connectivity index (χ1) is 18.3. The standard InChI is InChI=1S/C29H35Br2N3O4/c30-22-14-21-2-1-20-15-23(36)16-24(31)27(20)28(29(21)32-17-22)19-5-10-34(11-6-19)26(38)13-18-3-8-33(9-4-18)25(37)7-12-35/h14-19,28,35-36H,1-13H2. The molecule has 5 rings (SSSR count). The fourth-order valence-corrected chi connectivity index (χ4v) is 7.66. The number of halogens is 2. The van der Waals surface area contributed by atoms with Crippen LogP contribution in [0.15, 0.2) is 33.3 Å². The van der Waals surface area contributed by atoms with E-state index in [-0.39, 0.29) is 36.5 Å². The number of amides is 2. The van der Waals surface area contributed by atoms with Gasteiger partial charge in [0.15, 0.2) is 0 Å². The molecule has 3 aliphatic rings. The minimum absolute atomic E-state index is 0.00436. The summed E-state index contributed by atoms with van der Waals surface area (Å²) in [6, 6.07) is 5.86. The fourth-order valence-electron chi connectivity index (χ4n) is 6.55. The monoisotopic (exact) mass is 647 g/mol. The van der Waals surface area contributed by atoms with Crippen LogP contribution in [0.3, 0.4) is 0 Å². The minimum Gasteiger partial charge on any atom is -0.508 e. The molecular formula is C29H35Br2N3O4. The third-order valence-corrected chi connectivity index (χ3v) is 9.65. The number of benzene rings is 1. The molecule has 3 heterocycles. The van der Waals surface area contributed by atoms with Crippen molar-refractivity contribution in [1.29, 1.82) is 0 Å². The first-order valence-electron chi connectivity index (χ1n) is 13.7. The Morgan fingerprint density at radius 1 is 0.921 bits per heavy atom. The van der Waals surface area contributed by atoms with Crippen LogP contribution in [0.2, 0.25) is 0 Å². The van der Waals surface area contributed by atoms with Gasteiger partial charge in [-0.2, -0.15) is 0 Å². The quantitative estimate of drug-likeness (QED) is 0.486. The van der Waals surface area contributed by atoms with Crippen molar-refractivity contribution in [3.8, 4) is 5.75 Å². The molecule has 2 fully saturated rings. The summed E-state index contributed by atoms with van der Waals surface area (Å²) in [6.45, 7) is 2.72. The molecule has 2 saturated heterocycles. The molecule has 1 aromatic carbocycles. The zero-order valence-corrected chi connectivity index (χ0v) is 24.7. The van der Waals surface area contributed by atoms with E-state index in [1.807, 2.05) is 22.1 Å². The molecule has 9 heteroatoms. The Bertz CT molecular complexity index is 1190. The van der Waals surface area contributed by atoms with E-state index in [0.717, 1.165) is 66.3 Å². The molecule has 1 atom stereocenters. The van der Waals surface area contributed by atoms with Crippen LogP contribution in [-0.2, 0) is 22.4 Å². The van der Waals surface area contributed by atoms with Gasteiger partial charge in [-0.05, 0) is 101 Å². The normalized spacial score (nSPS) is 20.6. The van der Waals surface area contributed by atoms with Gasteiger partial charge in [-0.15, -0.1) is 0 Å². The maximum Gasteiger partial charge on any atom is 0.224 e. The van der Waals surface area contributed by atoms with E-state index in [1.165, 1.54) is 16.7 Å². The zero-order chi connectivity index (χ0) is 26.8. The molecule has 0 radical (unpaired) electrons. The SMILES string of the molecule is O=C(CCO)N1CCC(CC(=O)N2CCC(C3c4ncc(Br)cc4CCc4cc(O)cc(Br)c43)CC2)CC1. The molecule has 204 valence electrons. The zero-order valence-electron chi connectivity index (χ0n) is 21.5. The number of rotatable bonds is 5. The van der Waals surface area contributed by atoms with Crippen LogP contribution in [0.1, 0.15) is 66.8 Å². The fraction of sp³-hybridized carbons (Fsp3) is 0.552. The smallest absolute Gasteiger partial charge is 0.224 e. The average molecular weight is 649 g/mol. The molecule has 0 saturated carbocycles. The highest BCUT2D eigenvalue weighted by atomic mass is 79.9. The number of aromatic nitrogens is 1. The molecule has 2 amide bonds. The third kappa shape index (κ3) is 5.94. The van der Waals surface area contributed by atoms with Gasteiger partial charge in [-0.25, -0.2) is 0 Å². The molecule has 1 unspecified atom stereocenters. The Hall–Kier alpha value is -1.97. The van der Waals surface area contributed by atoms with E-state index >= 15 is 0 Å². The number of piperidine rings is 2. The summed E-state index contributed by atoms with van der Waals surface area (Å²) in [4.78, 5) is 34.0. The van der Waals surface area contributed by atoms with Crippen molar-refractivity contribution < 1.29 is 19.8 Å². The summed E-state index contributed by atoms with van der Waals surface area (Å²) in [7, 11) is 0. The maximum atomic E-state index is 13.2. The van der Waals surface area contributed by atoms with Crippen molar-refractivity contribution in [3.05, 3.63) is 55.7 Å². The number of hydrogen-bond acceptors (Lipinski definition) is 5. The largest absolute Gasteiger partial charge is 0.508 e. The topological polar surface area (TPSA) is 94.0 Å². The molecule has 2 N–H and O–H groups in total. The Labute approximate surface area is 240 Å². The number of aryl methyl sites for hydroxylation is 2. The third-order valence-electron chi connectivity index (χ3n) is 8.56. The van der Waals surface area contributed by atoms with Crippen LogP contribution in [-0.4, -0.2) is 69.6 Å². The second-order valence-corrected chi connectivity index (χ2v) is 12.7. The second-order valence-electron chi connectivity index (χ2n) is 10.9. The first-order valence-corrected chi connectivity index (χ1v) is 15.2. The number of pyridine rings is 1. The highest BCUT2D eigenvalue weighted by molar-refractivity contribution is 9.10. The number of aromatic hydroxyl groups is 1. The Balaban J connectivity index is 1.26. The van der Waals surface area contributed by atoms with Crippen molar-refractivity contribution in [2.24, 2.45) is 11.8 Å². The lowest BCUT2D eigenvalue weighted by molar-refractivity contribution is -0.135. The molecule has 1 aliphatic carbocycles. The lowest BCUT2D eigenvalue weighted by Gasteiger charge is -2.38. The lowest BCUT2D eigenvalue weighted by Crippen LogP contribution is -2.43. The summed E-state index contributed by atoms with van der Waals surface area (Å²) in [5.41, 5.74) is 4.75. The number of phenolic OH excluding ortho intramolecular Hbond substituents is 1. The average Bonchev–Trinajstić information content (AvgIpc) is 3.06. The second kappa shape index (κ2) is 12.0. The predicted molar refractivity (Wildman–Crippen MR) is 152 cm³/mol. The van der Waals surface area contributed by atoms with Gasteiger partial charge in [0.05, 0.1) is 12.3 Å². The van der Waals surface area contributed by atoms with Crippen molar-refractivity contribution in [3.63, 3.8) is 0 Å². The number of fused-ring (bicyclic) bond motifs is 2. The van der Waals surface area contributed by atoms with E-state index < -0.39 is 0 Å². The molecule has 0 bridgehead atoms. The summed E-state index contributed by atoms with van der Waals surface area (Å²) >= 11 is 7.34. The van der Waals surface area contributed by atoms with Crippen molar-refractivity contribution in [1.82, 2.24) is 14.8 Å². The van der Waals surface area contributed by atoms with Crippen LogP contribution in [0, 0.1) is 11.8 Å². The summed E-state index contributed by atoms with van der Waals surface area (Å²) in [5.74, 6) is 1.28. The van der Waals surface area contributed by atoms with Gasteiger partial charge in [0.1, 0.15) is 5.75 Å². The highest BCUT2D eigenvalue weighted by Crippen LogP contribution is 2.46. The van der Waals surface area contributed by atoms with E-state index in [4.69, 9.17) is 10.1 Å². The van der Waals surface area contributed by atoms with Crippen LogP contribution in [0.25, 0.3) is 0 Å². The van der Waals surface area contributed by atoms with Crippen LogP contribution in [0.4, 0.5) is 0 Å². The van der Waals surface area contributed by atoms with Gasteiger partial charge in [0.2, 0.25) is 11.8 Å². The van der Waals surface area contributed by atoms with E-state index in [1.54, 1.807) is 6.07 Å². The number of aliphatic hydroxyl groups excluding tert-OH is 1. The van der Waals surface area contributed by atoms with Crippen molar-refractivity contribution in [2.45, 2.75) is 57.3 Å². The van der Waals surface area contributed by atoms with Gasteiger partial charge in [-0.3, -0.25) is 14.6 Å². The van der Waals surface area contributed by atoms with E-state index in [2.05, 4.69) is 37.9 Å². The molecule has 2 aliphatic heterocycles. The Morgan fingerprint density at radius 2 is 1.58 bits per heavy atom. The molecule has 2 aromatic rings. The summed E-state index contributed by atoms with van der Waals surface area (Å²) in [6.07, 6.45) is 7.85. The predicted octanol–water partition coefficient (Wildman–Crippen LogP) is 4.79. The molecule has 38 heavy (non-hydrogen) atoms. The Kier molecular flexibility index (Phi) is 8.75. The molecule has 7 nitrogen and oxygen atoms in total. The number of nitrogens with zero attached hydrogens (tertiary/aromatic N) is 3. The van der Waals surface area contributed by atoms with Crippen molar-refractivity contribution >= 4 is 43.7 Å². The van der Waals surface area contributed by atoms with Gasteiger partial charge < -0.3 is 20.0 Å². The first kappa shape index (κ1) is 27.6. The number of aliphatic hydroxyl groups is 1. The van der Waals surface area contributed by atoms with Gasteiger partial charge in [0.25, 0.3) is 0 Å². The van der Waals surface area contributed by atoms with E-state index in [0.29, 0.717) is 31.3 Å². The minimum atomic E-state index is -0.113. The van der Waals surface area contributed by atoms with Gasteiger partial charge >= 0.3 is 0 Å². The van der Waals surface area contributed by atoms with Crippen LogP contribution < -0.4 is 0 Å². The number of carbonyl (C=O) groups is 2. The summed E-state index contributed by atoms with van der Waals surface area (Å²) < 4.78 is 1.91. The Morgan fingerprint density at radius 3 is 2.29 bits per heavy atom. The van der Waals surface area contributed by atoms with Crippen molar-refractivity contribution in [2.75, 3.05) is 32.8 Å². The van der Waals surface area contributed by atoms with Crippen LogP contribution in [0.5, 0.6) is 5.75 Å². The number of likely N-dealkylation sites (tertiary alicyclic amines) is 2. The number of hydrogen-bond donors (Lipinski definition) is 2. The maximum absolute atomic E-state index is 13.2.